The van der Waals surface area contributed by atoms with E-state index < -0.39 is 0 Å². The minimum absolute atomic E-state index is 0.0311. The summed E-state index contributed by atoms with van der Waals surface area (Å²) in [5, 5.41) is 21.2. The van der Waals surface area contributed by atoms with Crippen LogP contribution in [0.25, 0.3) is 0 Å². The molecular formula is C13H22N4O2. The first-order chi connectivity index (χ1) is 8.92. The van der Waals surface area contributed by atoms with Crippen LogP contribution in [0.1, 0.15) is 30.8 Å². The number of oxime groups is 1. The summed E-state index contributed by atoms with van der Waals surface area (Å²) in [7, 11) is 0. The molecule has 4 N–H and O–H groups in total. The summed E-state index contributed by atoms with van der Waals surface area (Å²) in [6, 6.07) is 2.06. The number of hydrogen-bond donors (Lipinski definition) is 3. The molecular weight excluding hydrogens is 244 g/mol. The SMILES string of the molecule is Cc1cc(N(CCO)C(C)C)c(/C(N)=N/O)c(C)n1. The predicted octanol–water partition coefficient (Wildman–Crippen LogP) is 1.00. The van der Waals surface area contributed by atoms with Crippen molar-refractivity contribution in [1.29, 1.82) is 0 Å². The number of aromatic nitrogens is 1. The Morgan fingerprint density at radius 2 is 2.11 bits per heavy atom. The third-order valence-corrected chi connectivity index (χ3v) is 2.95. The van der Waals surface area contributed by atoms with Gasteiger partial charge in [-0.3, -0.25) is 4.98 Å². The van der Waals surface area contributed by atoms with E-state index in [1.807, 2.05) is 38.7 Å². The number of aliphatic hydroxyl groups is 1. The van der Waals surface area contributed by atoms with Crippen LogP contribution in [-0.4, -0.2) is 40.3 Å². The standard InChI is InChI=1S/C13H22N4O2/c1-8(2)17(5-6-18)11-7-9(3)15-10(4)12(11)13(14)16-19/h7-8,18-19H,5-6H2,1-4H3,(H2,14,16). The van der Waals surface area contributed by atoms with E-state index in [4.69, 9.17) is 10.9 Å². The molecule has 0 aliphatic heterocycles. The molecule has 0 aliphatic rings. The first kappa shape index (κ1) is 15.2. The van der Waals surface area contributed by atoms with E-state index in [2.05, 4.69) is 10.1 Å². The van der Waals surface area contributed by atoms with Gasteiger partial charge in [0, 0.05) is 18.3 Å². The van der Waals surface area contributed by atoms with Gasteiger partial charge >= 0.3 is 0 Å². The highest BCUT2D eigenvalue weighted by atomic mass is 16.4. The number of pyridine rings is 1. The molecule has 19 heavy (non-hydrogen) atoms. The Morgan fingerprint density at radius 3 is 2.58 bits per heavy atom. The zero-order valence-electron chi connectivity index (χ0n) is 11.9. The van der Waals surface area contributed by atoms with Gasteiger partial charge in [0.25, 0.3) is 0 Å². The first-order valence-corrected chi connectivity index (χ1v) is 6.26. The van der Waals surface area contributed by atoms with Crippen molar-refractivity contribution >= 4 is 11.5 Å². The number of aryl methyl sites for hydroxylation is 2. The summed E-state index contributed by atoms with van der Waals surface area (Å²) in [5.41, 5.74) is 8.74. The van der Waals surface area contributed by atoms with Crippen LogP contribution in [0.5, 0.6) is 0 Å². The molecule has 0 atom stereocenters. The van der Waals surface area contributed by atoms with Crippen LogP contribution in [0, 0.1) is 13.8 Å². The molecule has 1 aromatic heterocycles. The van der Waals surface area contributed by atoms with Crippen molar-refractivity contribution < 1.29 is 10.3 Å². The van der Waals surface area contributed by atoms with E-state index in [1.165, 1.54) is 0 Å². The molecule has 0 amide bonds. The second-order valence-corrected chi connectivity index (χ2v) is 4.74. The van der Waals surface area contributed by atoms with Crippen LogP contribution in [0.2, 0.25) is 0 Å². The molecule has 0 spiro atoms. The number of rotatable bonds is 5. The highest BCUT2D eigenvalue weighted by Crippen LogP contribution is 2.25. The number of hydrogen-bond acceptors (Lipinski definition) is 5. The van der Waals surface area contributed by atoms with Gasteiger partial charge in [-0.2, -0.15) is 0 Å². The lowest BCUT2D eigenvalue weighted by atomic mass is 10.1. The average Bonchev–Trinajstić information content (AvgIpc) is 2.33. The average molecular weight is 266 g/mol. The smallest absolute Gasteiger partial charge is 0.174 e. The first-order valence-electron chi connectivity index (χ1n) is 6.26. The zero-order chi connectivity index (χ0) is 14.6. The van der Waals surface area contributed by atoms with Crippen LogP contribution in [0.15, 0.2) is 11.2 Å². The number of anilines is 1. The lowest BCUT2D eigenvalue weighted by Crippen LogP contribution is -2.36. The number of aliphatic hydroxyl groups excluding tert-OH is 1. The minimum atomic E-state index is 0.0311. The molecule has 0 saturated heterocycles. The summed E-state index contributed by atoms with van der Waals surface area (Å²) < 4.78 is 0. The Morgan fingerprint density at radius 1 is 1.47 bits per heavy atom. The summed E-state index contributed by atoms with van der Waals surface area (Å²) in [6.07, 6.45) is 0. The Labute approximate surface area is 113 Å². The van der Waals surface area contributed by atoms with Crippen LogP contribution in [0.3, 0.4) is 0 Å². The van der Waals surface area contributed by atoms with Crippen LogP contribution >= 0.6 is 0 Å². The van der Waals surface area contributed by atoms with Crippen molar-refractivity contribution in [3.63, 3.8) is 0 Å². The fourth-order valence-corrected chi connectivity index (χ4v) is 2.17. The van der Waals surface area contributed by atoms with Gasteiger partial charge in [0.2, 0.25) is 0 Å². The molecule has 106 valence electrons. The molecule has 0 fully saturated rings. The van der Waals surface area contributed by atoms with E-state index in [1.54, 1.807) is 0 Å². The monoisotopic (exact) mass is 266 g/mol. The fourth-order valence-electron chi connectivity index (χ4n) is 2.17. The third kappa shape index (κ3) is 3.35. The minimum Gasteiger partial charge on any atom is -0.409 e. The topological polar surface area (TPSA) is 95.0 Å². The molecule has 0 unspecified atom stereocenters. The number of nitrogens with zero attached hydrogens (tertiary/aromatic N) is 3. The summed E-state index contributed by atoms with van der Waals surface area (Å²) in [6.45, 7) is 8.28. The highest BCUT2D eigenvalue weighted by molar-refractivity contribution is 6.03. The van der Waals surface area contributed by atoms with E-state index in [0.29, 0.717) is 17.8 Å². The predicted molar refractivity (Wildman–Crippen MR) is 75.8 cm³/mol. The molecule has 0 saturated carbocycles. The molecule has 0 radical (unpaired) electrons. The maximum atomic E-state index is 9.20. The van der Waals surface area contributed by atoms with Gasteiger partial charge in [0.1, 0.15) is 0 Å². The second-order valence-electron chi connectivity index (χ2n) is 4.74. The Balaban J connectivity index is 3.46. The molecule has 0 aliphatic carbocycles. The molecule has 0 bridgehead atoms. The van der Waals surface area contributed by atoms with E-state index >= 15 is 0 Å². The normalized spacial score (nSPS) is 12.0. The van der Waals surface area contributed by atoms with Gasteiger partial charge < -0.3 is 20.9 Å². The molecule has 1 heterocycles. The maximum Gasteiger partial charge on any atom is 0.174 e. The van der Waals surface area contributed by atoms with Crippen molar-refractivity contribution in [2.24, 2.45) is 10.9 Å². The summed E-state index contributed by atoms with van der Waals surface area (Å²) in [5.74, 6) is 0.0311. The Hall–Kier alpha value is -1.82. The molecule has 6 heteroatoms. The maximum absolute atomic E-state index is 9.20. The molecule has 1 rings (SSSR count). The molecule has 0 aromatic carbocycles. The van der Waals surface area contributed by atoms with E-state index in [0.717, 1.165) is 11.4 Å². The Bertz CT molecular complexity index is 472. The van der Waals surface area contributed by atoms with E-state index in [9.17, 15) is 5.11 Å². The number of nitrogens with two attached hydrogens (primary N) is 1. The van der Waals surface area contributed by atoms with Crippen LogP contribution < -0.4 is 10.6 Å². The fraction of sp³-hybridized carbons (Fsp3) is 0.538. The quantitative estimate of drug-likeness (QED) is 0.320. The lowest BCUT2D eigenvalue weighted by Gasteiger charge is -2.30. The van der Waals surface area contributed by atoms with Crippen molar-refractivity contribution in [3.8, 4) is 0 Å². The van der Waals surface area contributed by atoms with Crippen LogP contribution in [0.4, 0.5) is 5.69 Å². The van der Waals surface area contributed by atoms with Gasteiger partial charge in [0.15, 0.2) is 5.84 Å². The van der Waals surface area contributed by atoms with Crippen molar-refractivity contribution in [2.45, 2.75) is 33.7 Å². The number of amidine groups is 1. The van der Waals surface area contributed by atoms with Crippen molar-refractivity contribution in [1.82, 2.24) is 4.98 Å². The summed E-state index contributed by atoms with van der Waals surface area (Å²) in [4.78, 5) is 6.35. The largest absolute Gasteiger partial charge is 0.409 e. The van der Waals surface area contributed by atoms with Gasteiger partial charge in [-0.15, -0.1) is 0 Å². The van der Waals surface area contributed by atoms with Crippen molar-refractivity contribution in [2.75, 3.05) is 18.1 Å². The molecule has 6 nitrogen and oxygen atoms in total. The van der Waals surface area contributed by atoms with Crippen LogP contribution in [-0.2, 0) is 0 Å². The van der Waals surface area contributed by atoms with Gasteiger partial charge in [-0.05, 0) is 33.8 Å². The second kappa shape index (κ2) is 6.38. The van der Waals surface area contributed by atoms with Gasteiger partial charge in [0.05, 0.1) is 23.6 Å². The summed E-state index contributed by atoms with van der Waals surface area (Å²) >= 11 is 0. The molecule has 1 aromatic rings. The van der Waals surface area contributed by atoms with Gasteiger partial charge in [-0.1, -0.05) is 5.16 Å². The third-order valence-electron chi connectivity index (χ3n) is 2.95. The van der Waals surface area contributed by atoms with E-state index in [-0.39, 0.29) is 18.5 Å². The van der Waals surface area contributed by atoms with Crippen molar-refractivity contribution in [3.05, 3.63) is 23.0 Å². The Kier molecular flexibility index (Phi) is 5.11. The van der Waals surface area contributed by atoms with Gasteiger partial charge in [-0.25, -0.2) is 0 Å². The highest BCUT2D eigenvalue weighted by Gasteiger charge is 2.19. The zero-order valence-corrected chi connectivity index (χ0v) is 11.9. The lowest BCUT2D eigenvalue weighted by molar-refractivity contribution is 0.299.